The van der Waals surface area contributed by atoms with Gasteiger partial charge >= 0.3 is 0 Å². The second-order valence-electron chi connectivity index (χ2n) is 7.95. The van der Waals surface area contributed by atoms with Gasteiger partial charge in [-0.15, -0.1) is 0 Å². The molecule has 1 aromatic heterocycles. The van der Waals surface area contributed by atoms with Crippen LogP contribution in [-0.4, -0.2) is 53.5 Å². The molecule has 4 rings (SSSR count). The van der Waals surface area contributed by atoms with Crippen LogP contribution in [-0.2, 0) is 4.74 Å². The van der Waals surface area contributed by atoms with Crippen molar-refractivity contribution in [2.75, 3.05) is 37.4 Å². The summed E-state index contributed by atoms with van der Waals surface area (Å²) < 4.78 is 21.3. The van der Waals surface area contributed by atoms with E-state index in [0.717, 1.165) is 41.8 Å². The third-order valence-corrected chi connectivity index (χ3v) is 7.72. The average molecular weight is 478 g/mol. The van der Waals surface area contributed by atoms with Gasteiger partial charge in [0.25, 0.3) is 5.91 Å². The van der Waals surface area contributed by atoms with Gasteiger partial charge in [-0.25, -0.2) is 9.71 Å². The van der Waals surface area contributed by atoms with E-state index in [9.17, 15) is 9.35 Å². The molecule has 0 saturated carbocycles. The van der Waals surface area contributed by atoms with Gasteiger partial charge in [-0.05, 0) is 66.0 Å². The van der Waals surface area contributed by atoms with Crippen LogP contribution in [0.15, 0.2) is 36.4 Å². The number of ether oxygens (including phenoxy) is 1. The maximum atomic E-state index is 13.0. The Hall–Kier alpha value is -2.30. The van der Waals surface area contributed by atoms with Gasteiger partial charge in [0.2, 0.25) is 0 Å². The molecule has 1 fully saturated rings. The fourth-order valence-electron chi connectivity index (χ4n) is 3.90. The van der Waals surface area contributed by atoms with Gasteiger partial charge in [-0.3, -0.25) is 4.79 Å². The Kier molecular flexibility index (Phi) is 6.64. The molecule has 0 spiro atoms. The van der Waals surface area contributed by atoms with E-state index in [4.69, 9.17) is 16.3 Å². The molecule has 3 aromatic rings. The molecule has 172 valence electrons. The second kappa shape index (κ2) is 9.29. The maximum absolute atomic E-state index is 13.0. The van der Waals surface area contributed by atoms with E-state index in [1.807, 2.05) is 35.7 Å². The first kappa shape index (κ1) is 22.9. The number of H-pyrrole nitrogens is 1. The van der Waals surface area contributed by atoms with Gasteiger partial charge in [0.05, 0.1) is 23.3 Å². The number of nitrogens with one attached hydrogen (secondary N) is 3. The quantitative estimate of drug-likeness (QED) is 0.424. The van der Waals surface area contributed by atoms with Crippen LogP contribution in [0.4, 0.5) is 5.69 Å². The number of aromatic amines is 1. The number of carbonyl (C=O) groups excluding carboxylic acids is 1. The summed E-state index contributed by atoms with van der Waals surface area (Å²) in [5.41, 5.74) is 3.95. The summed E-state index contributed by atoms with van der Waals surface area (Å²) in [6, 6.07) is 10.5. The minimum atomic E-state index is -2.07. The van der Waals surface area contributed by atoms with Gasteiger partial charge < -0.3 is 23.9 Å². The summed E-state index contributed by atoms with van der Waals surface area (Å²) in [6.07, 6.45) is 2.77. The number of hydrogen-bond donors (Lipinski definition) is 4. The third kappa shape index (κ3) is 4.72. The van der Waals surface area contributed by atoms with Crippen molar-refractivity contribution in [1.82, 2.24) is 20.0 Å². The van der Waals surface area contributed by atoms with Crippen molar-refractivity contribution in [3.05, 3.63) is 58.4 Å². The Morgan fingerprint density at radius 1 is 1.38 bits per heavy atom. The maximum Gasteiger partial charge on any atom is 0.251 e. The van der Waals surface area contributed by atoms with Crippen LogP contribution in [0.5, 0.6) is 0 Å². The summed E-state index contributed by atoms with van der Waals surface area (Å²) in [4.78, 5) is 20.8. The Morgan fingerprint density at radius 3 is 2.91 bits per heavy atom. The number of benzene rings is 2. The number of hydrogen-bond acceptors (Lipinski definition) is 6. The standard InChI is InChI=1S/C22H28ClN5O3S/c1-14-11-15(5-8-20(14)28-10-4-9-24-32(28,3)30)22(29)27-19(13-31-2)21-25-17-7-6-16(23)12-18(17)26-21/h5-8,11-12,19,24,30H,4,9-10,13H2,1-3H3,(H,25,26)(H,27,29)/t19-/m0/s1. The Bertz CT molecular complexity index is 1140. The van der Waals surface area contributed by atoms with E-state index in [0.29, 0.717) is 16.4 Å². The highest BCUT2D eigenvalue weighted by atomic mass is 35.5. The smallest absolute Gasteiger partial charge is 0.251 e. The first-order valence-electron chi connectivity index (χ1n) is 10.4. The molecule has 1 saturated heterocycles. The highest BCUT2D eigenvalue weighted by Crippen LogP contribution is 2.46. The number of imidazole rings is 1. The number of carbonyl (C=O) groups is 1. The van der Waals surface area contributed by atoms with Crippen LogP contribution in [0.25, 0.3) is 11.0 Å². The monoisotopic (exact) mass is 477 g/mol. The number of fused-ring (bicyclic) bond motifs is 1. The van der Waals surface area contributed by atoms with E-state index in [2.05, 4.69) is 20.0 Å². The topological polar surface area (TPSA) is 103 Å². The molecular formula is C22H28ClN5O3S. The number of aromatic nitrogens is 2. The zero-order chi connectivity index (χ0) is 22.9. The van der Waals surface area contributed by atoms with Crippen LogP contribution in [0.3, 0.4) is 0 Å². The fourth-order valence-corrected chi connectivity index (χ4v) is 5.83. The lowest BCUT2D eigenvalue weighted by molar-refractivity contribution is 0.0892. The van der Waals surface area contributed by atoms with Crippen molar-refractivity contribution in [3.63, 3.8) is 0 Å². The SMILES string of the molecule is COC[C@H](NC(=O)c1ccc(N2CCCNS2(C)O)c(C)c1)c1nc2ccc(Cl)cc2[nH]1. The van der Waals surface area contributed by atoms with Crippen LogP contribution < -0.4 is 14.3 Å². The Morgan fingerprint density at radius 2 is 2.19 bits per heavy atom. The van der Waals surface area contributed by atoms with Crippen molar-refractivity contribution in [2.45, 2.75) is 19.4 Å². The van der Waals surface area contributed by atoms with Gasteiger partial charge in [0, 0.05) is 37.0 Å². The molecule has 32 heavy (non-hydrogen) atoms. The van der Waals surface area contributed by atoms with E-state index < -0.39 is 16.7 Å². The molecule has 4 N–H and O–H groups in total. The lowest BCUT2D eigenvalue weighted by atomic mass is 10.1. The first-order valence-corrected chi connectivity index (χ1v) is 12.7. The summed E-state index contributed by atoms with van der Waals surface area (Å²) in [5, 5.41) is 3.62. The number of nitrogens with zero attached hydrogens (tertiary/aromatic N) is 2. The lowest BCUT2D eigenvalue weighted by Crippen LogP contribution is -2.43. The summed E-state index contributed by atoms with van der Waals surface area (Å²) in [6.45, 7) is 3.79. The summed E-state index contributed by atoms with van der Waals surface area (Å²) in [7, 11) is -0.484. The Balaban J connectivity index is 1.55. The van der Waals surface area contributed by atoms with Crippen molar-refractivity contribution in [2.24, 2.45) is 0 Å². The number of amides is 1. The average Bonchev–Trinajstić information content (AvgIpc) is 3.16. The minimum absolute atomic E-state index is 0.226. The highest BCUT2D eigenvalue weighted by Gasteiger charge is 2.28. The second-order valence-corrected chi connectivity index (χ2v) is 10.8. The molecule has 2 atom stereocenters. The molecule has 1 aliphatic rings. The molecule has 1 aliphatic heterocycles. The molecule has 0 aliphatic carbocycles. The minimum Gasteiger partial charge on any atom is -0.382 e. The molecule has 2 aromatic carbocycles. The molecule has 10 heteroatoms. The molecule has 2 heterocycles. The fraction of sp³-hybridized carbons (Fsp3) is 0.364. The zero-order valence-electron chi connectivity index (χ0n) is 18.3. The summed E-state index contributed by atoms with van der Waals surface area (Å²) >= 11 is 6.07. The molecular weight excluding hydrogens is 450 g/mol. The molecule has 8 nitrogen and oxygen atoms in total. The third-order valence-electron chi connectivity index (χ3n) is 5.50. The van der Waals surface area contributed by atoms with Gasteiger partial charge in [-0.1, -0.05) is 11.6 Å². The molecule has 0 bridgehead atoms. The zero-order valence-corrected chi connectivity index (χ0v) is 19.9. The first-order chi connectivity index (χ1) is 15.3. The van der Waals surface area contributed by atoms with Crippen molar-refractivity contribution >= 4 is 44.9 Å². The number of rotatable bonds is 6. The number of methoxy groups -OCH3 is 1. The van der Waals surface area contributed by atoms with Crippen LogP contribution in [0.1, 0.15) is 34.2 Å². The van der Waals surface area contributed by atoms with Gasteiger partial charge in [0.1, 0.15) is 11.9 Å². The molecule has 0 radical (unpaired) electrons. The van der Waals surface area contributed by atoms with E-state index >= 15 is 0 Å². The van der Waals surface area contributed by atoms with E-state index in [-0.39, 0.29) is 12.5 Å². The predicted octanol–water partition coefficient (Wildman–Crippen LogP) is 4.18. The van der Waals surface area contributed by atoms with Crippen molar-refractivity contribution < 1.29 is 14.1 Å². The van der Waals surface area contributed by atoms with Crippen molar-refractivity contribution in [3.8, 4) is 0 Å². The van der Waals surface area contributed by atoms with Crippen LogP contribution >= 0.6 is 22.3 Å². The Labute approximate surface area is 194 Å². The van der Waals surface area contributed by atoms with Crippen LogP contribution in [0.2, 0.25) is 5.02 Å². The van der Waals surface area contributed by atoms with E-state index in [1.54, 1.807) is 25.3 Å². The largest absolute Gasteiger partial charge is 0.382 e. The van der Waals surface area contributed by atoms with E-state index in [1.165, 1.54) is 0 Å². The number of halogens is 1. The van der Waals surface area contributed by atoms with Gasteiger partial charge in [0.15, 0.2) is 0 Å². The molecule has 1 unspecified atom stereocenters. The normalized spacial score (nSPS) is 21.8. The lowest BCUT2D eigenvalue weighted by Gasteiger charge is -2.47. The number of aryl methyl sites for hydroxylation is 1. The van der Waals surface area contributed by atoms with Gasteiger partial charge in [-0.2, -0.15) is 0 Å². The predicted molar refractivity (Wildman–Crippen MR) is 130 cm³/mol. The summed E-state index contributed by atoms with van der Waals surface area (Å²) in [5.74, 6) is 0.376. The molecule has 1 amide bonds. The van der Waals surface area contributed by atoms with Crippen molar-refractivity contribution in [1.29, 1.82) is 0 Å². The highest BCUT2D eigenvalue weighted by molar-refractivity contribution is 8.28. The number of anilines is 1. The van der Waals surface area contributed by atoms with Crippen LogP contribution in [0, 0.1) is 6.92 Å².